The monoisotopic (exact) mass is 588 g/mol. The van der Waals surface area contributed by atoms with E-state index in [4.69, 9.17) is 28.2 Å². The Morgan fingerprint density at radius 1 is 1.00 bits per heavy atom. The molecule has 0 spiro atoms. The van der Waals surface area contributed by atoms with Gasteiger partial charge in [-0.2, -0.15) is 0 Å². The predicted octanol–water partition coefficient (Wildman–Crippen LogP) is 8.45. The van der Waals surface area contributed by atoms with Gasteiger partial charge in [-0.25, -0.2) is 0 Å². The van der Waals surface area contributed by atoms with E-state index in [-0.39, 0.29) is 12.1 Å². The highest BCUT2D eigenvalue weighted by Gasteiger charge is 2.43. The molecule has 8 heteroatoms. The fraction of sp³-hybridized carbons (Fsp3) is 0.312. The van der Waals surface area contributed by atoms with Crippen molar-refractivity contribution in [3.63, 3.8) is 0 Å². The standard InChI is InChI=1S/C32H33ClN4OS2/c1-20-7-10-24(11-8-20)40-29-14-13-28(38-29)31-30(26-6-4-5-15-34-26)35-32(39)37(31)23-9-12-27(25(33)17-23)36-18-21(2)16-22(3)19-36/h4-15,17,21-22,30-31H,16,18-19H2,1-3H3,(H,35,39)/t21-,22+,30-,31-/m1/s1. The topological polar surface area (TPSA) is 44.5 Å². The number of benzene rings is 2. The van der Waals surface area contributed by atoms with Gasteiger partial charge in [0.1, 0.15) is 11.8 Å². The van der Waals surface area contributed by atoms with Gasteiger partial charge < -0.3 is 19.5 Å². The van der Waals surface area contributed by atoms with Crippen molar-refractivity contribution in [2.24, 2.45) is 11.8 Å². The molecule has 5 nitrogen and oxygen atoms in total. The number of piperidine rings is 1. The molecule has 2 aliphatic rings. The van der Waals surface area contributed by atoms with E-state index >= 15 is 0 Å². The molecule has 206 valence electrons. The first kappa shape index (κ1) is 27.2. The molecule has 2 saturated heterocycles. The molecule has 2 fully saturated rings. The van der Waals surface area contributed by atoms with Gasteiger partial charge in [0.25, 0.3) is 0 Å². The summed E-state index contributed by atoms with van der Waals surface area (Å²) < 4.78 is 6.48. The lowest BCUT2D eigenvalue weighted by Gasteiger charge is -2.37. The molecule has 2 aromatic heterocycles. The van der Waals surface area contributed by atoms with Crippen LogP contribution in [0.5, 0.6) is 0 Å². The first-order valence-corrected chi connectivity index (χ1v) is 15.4. The van der Waals surface area contributed by atoms with Gasteiger partial charge in [0.15, 0.2) is 10.2 Å². The number of anilines is 2. The summed E-state index contributed by atoms with van der Waals surface area (Å²) in [5.41, 5.74) is 4.14. The zero-order valence-corrected chi connectivity index (χ0v) is 25.3. The Labute approximate surface area is 250 Å². The molecule has 6 rings (SSSR count). The Kier molecular flexibility index (Phi) is 7.80. The van der Waals surface area contributed by atoms with Crippen molar-refractivity contribution in [2.75, 3.05) is 22.9 Å². The number of aryl methyl sites for hydroxylation is 1. The summed E-state index contributed by atoms with van der Waals surface area (Å²) in [5, 5.41) is 5.70. The van der Waals surface area contributed by atoms with E-state index in [9.17, 15) is 0 Å². The first-order valence-electron chi connectivity index (χ1n) is 13.7. The summed E-state index contributed by atoms with van der Waals surface area (Å²) in [6, 6.07) is 24.4. The second kappa shape index (κ2) is 11.5. The minimum atomic E-state index is -0.230. The van der Waals surface area contributed by atoms with E-state index < -0.39 is 0 Å². The van der Waals surface area contributed by atoms with Gasteiger partial charge in [-0.3, -0.25) is 4.98 Å². The zero-order valence-electron chi connectivity index (χ0n) is 22.9. The number of nitrogens with zero attached hydrogens (tertiary/aromatic N) is 3. The molecular weight excluding hydrogens is 556 g/mol. The number of rotatable bonds is 6. The highest BCUT2D eigenvalue weighted by Crippen LogP contribution is 2.45. The molecule has 1 N–H and O–H groups in total. The number of nitrogens with one attached hydrogen (secondary N) is 1. The SMILES string of the molecule is Cc1ccc(Sc2ccc([C@@H]3[C@@H](c4ccccn4)NC(=S)N3c3ccc(N4C[C@H](C)C[C@H](C)C4)c(Cl)c3)o2)cc1. The Hall–Kier alpha value is -3.00. The zero-order chi connectivity index (χ0) is 27.8. The van der Waals surface area contributed by atoms with E-state index in [1.54, 1.807) is 11.8 Å². The van der Waals surface area contributed by atoms with E-state index in [1.807, 2.05) is 42.6 Å². The first-order chi connectivity index (χ1) is 19.4. The number of pyridine rings is 1. The minimum absolute atomic E-state index is 0.181. The average molecular weight is 589 g/mol. The Morgan fingerprint density at radius 3 is 2.48 bits per heavy atom. The molecule has 4 heterocycles. The molecule has 0 amide bonds. The number of aromatic nitrogens is 1. The van der Waals surface area contributed by atoms with Gasteiger partial charge in [-0.15, -0.1) is 0 Å². The highest BCUT2D eigenvalue weighted by molar-refractivity contribution is 7.99. The fourth-order valence-corrected chi connectivity index (χ4v) is 7.37. The van der Waals surface area contributed by atoms with Crippen molar-refractivity contribution in [1.29, 1.82) is 0 Å². The molecule has 0 unspecified atom stereocenters. The number of thiocarbonyl (C=S) groups is 1. The van der Waals surface area contributed by atoms with Gasteiger partial charge in [-0.05, 0) is 92.0 Å². The van der Waals surface area contributed by atoms with Crippen molar-refractivity contribution in [2.45, 2.75) is 49.3 Å². The van der Waals surface area contributed by atoms with Crippen molar-refractivity contribution in [1.82, 2.24) is 10.3 Å². The highest BCUT2D eigenvalue weighted by atomic mass is 35.5. The molecule has 4 atom stereocenters. The van der Waals surface area contributed by atoms with Gasteiger partial charge in [-0.1, -0.05) is 61.0 Å². The summed E-state index contributed by atoms with van der Waals surface area (Å²) in [7, 11) is 0. The van der Waals surface area contributed by atoms with Crippen molar-refractivity contribution in [3.05, 3.63) is 101 Å². The van der Waals surface area contributed by atoms with Crippen molar-refractivity contribution in [3.8, 4) is 0 Å². The van der Waals surface area contributed by atoms with Gasteiger partial charge >= 0.3 is 0 Å². The lowest BCUT2D eigenvalue weighted by Crippen LogP contribution is -2.38. The maximum absolute atomic E-state index is 6.97. The number of furan rings is 1. The molecular formula is C32H33ClN4OS2. The van der Waals surface area contributed by atoms with Gasteiger partial charge in [0, 0.05) is 29.9 Å². The maximum atomic E-state index is 6.97. The molecule has 0 radical (unpaired) electrons. The van der Waals surface area contributed by atoms with Crippen LogP contribution in [0, 0.1) is 18.8 Å². The number of hydrogen-bond donors (Lipinski definition) is 1. The van der Waals surface area contributed by atoms with Crippen LogP contribution in [0.1, 0.15) is 49.4 Å². The Balaban J connectivity index is 1.34. The third-order valence-corrected chi connectivity index (χ3v) is 9.20. The van der Waals surface area contributed by atoms with E-state index in [1.165, 1.54) is 12.0 Å². The molecule has 4 aromatic rings. The third-order valence-electron chi connectivity index (χ3n) is 7.65. The second-order valence-corrected chi connectivity index (χ2v) is 12.9. The van der Waals surface area contributed by atoms with Gasteiger partial charge in [0.2, 0.25) is 0 Å². The van der Waals surface area contributed by atoms with Crippen LogP contribution in [0.4, 0.5) is 11.4 Å². The minimum Gasteiger partial charge on any atom is -0.452 e. The van der Waals surface area contributed by atoms with E-state index in [0.29, 0.717) is 16.9 Å². The average Bonchev–Trinajstić information content (AvgIpc) is 3.53. The molecule has 2 aromatic carbocycles. The van der Waals surface area contributed by atoms with Crippen LogP contribution in [0.2, 0.25) is 5.02 Å². The fourth-order valence-electron chi connectivity index (χ4n) is 5.95. The summed E-state index contributed by atoms with van der Waals surface area (Å²) >= 11 is 14.5. The molecule has 2 aliphatic heterocycles. The molecule has 0 bridgehead atoms. The van der Waals surface area contributed by atoms with Crippen LogP contribution in [0.15, 0.2) is 93.4 Å². The lowest BCUT2D eigenvalue weighted by molar-refractivity contribution is 0.357. The number of hydrogen-bond acceptors (Lipinski definition) is 5. The smallest absolute Gasteiger partial charge is 0.174 e. The predicted molar refractivity (Wildman–Crippen MR) is 169 cm³/mol. The lowest BCUT2D eigenvalue weighted by atomic mass is 9.91. The normalized spacial score (nSPS) is 22.9. The summed E-state index contributed by atoms with van der Waals surface area (Å²) in [6.07, 6.45) is 3.07. The van der Waals surface area contributed by atoms with Crippen LogP contribution in [-0.4, -0.2) is 23.2 Å². The van der Waals surface area contributed by atoms with Crippen LogP contribution in [0.3, 0.4) is 0 Å². The van der Waals surface area contributed by atoms with Crippen molar-refractivity contribution >= 4 is 52.1 Å². The van der Waals surface area contributed by atoms with E-state index in [0.717, 1.165) is 50.9 Å². The Morgan fingerprint density at radius 2 is 1.77 bits per heavy atom. The molecule has 40 heavy (non-hydrogen) atoms. The summed E-state index contributed by atoms with van der Waals surface area (Å²) in [5.74, 6) is 2.10. The maximum Gasteiger partial charge on any atom is 0.174 e. The third kappa shape index (κ3) is 5.60. The largest absolute Gasteiger partial charge is 0.452 e. The van der Waals surface area contributed by atoms with Crippen LogP contribution >= 0.6 is 35.6 Å². The summed E-state index contributed by atoms with van der Waals surface area (Å²) in [4.78, 5) is 10.3. The van der Waals surface area contributed by atoms with Crippen LogP contribution < -0.4 is 15.1 Å². The van der Waals surface area contributed by atoms with E-state index in [2.05, 4.69) is 77.3 Å². The van der Waals surface area contributed by atoms with Crippen LogP contribution in [0.25, 0.3) is 0 Å². The number of halogens is 1. The van der Waals surface area contributed by atoms with Crippen LogP contribution in [-0.2, 0) is 0 Å². The van der Waals surface area contributed by atoms with Crippen molar-refractivity contribution < 1.29 is 4.42 Å². The quantitative estimate of drug-likeness (QED) is 0.227. The Bertz CT molecular complexity index is 1480. The second-order valence-electron chi connectivity index (χ2n) is 11.1. The molecule has 0 aliphatic carbocycles. The van der Waals surface area contributed by atoms with Gasteiger partial charge in [0.05, 0.1) is 22.4 Å². The summed E-state index contributed by atoms with van der Waals surface area (Å²) in [6.45, 7) is 8.76. The molecule has 0 saturated carbocycles.